The highest BCUT2D eigenvalue weighted by Gasteiger charge is 2.27. The van der Waals surface area contributed by atoms with E-state index >= 15 is 0 Å². The Balaban J connectivity index is 2.08. The predicted octanol–water partition coefficient (Wildman–Crippen LogP) is 4.13. The molecule has 1 rings (SSSR count). The lowest BCUT2D eigenvalue weighted by molar-refractivity contribution is -0.206. The van der Waals surface area contributed by atoms with Crippen LogP contribution >= 0.6 is 0 Å². The summed E-state index contributed by atoms with van der Waals surface area (Å²) in [5, 5.41) is 0. The SMILES string of the molecule is CCCCCCC[C@H]1CC[C@@H](C)[C@@H](OC)O1. The first kappa shape index (κ1) is 14.0. The number of unbranched alkanes of at least 4 members (excludes halogenated alkanes) is 4. The molecule has 0 amide bonds. The van der Waals surface area contributed by atoms with Crippen LogP contribution in [-0.4, -0.2) is 19.5 Å². The third kappa shape index (κ3) is 4.84. The first-order valence-corrected chi connectivity index (χ1v) is 6.96. The van der Waals surface area contributed by atoms with E-state index < -0.39 is 0 Å². The van der Waals surface area contributed by atoms with Crippen molar-refractivity contribution in [2.75, 3.05) is 7.11 Å². The van der Waals surface area contributed by atoms with Gasteiger partial charge < -0.3 is 9.47 Å². The van der Waals surface area contributed by atoms with Crippen molar-refractivity contribution in [2.24, 2.45) is 5.92 Å². The second-order valence-electron chi connectivity index (χ2n) is 5.12. The molecular weight excluding hydrogens is 200 g/mol. The Bertz CT molecular complexity index is 170. The second-order valence-corrected chi connectivity index (χ2v) is 5.12. The minimum absolute atomic E-state index is 0.0365. The maximum atomic E-state index is 5.93. The summed E-state index contributed by atoms with van der Waals surface area (Å²) < 4.78 is 11.3. The van der Waals surface area contributed by atoms with Crippen molar-refractivity contribution in [3.63, 3.8) is 0 Å². The smallest absolute Gasteiger partial charge is 0.160 e. The van der Waals surface area contributed by atoms with Crippen molar-refractivity contribution in [1.29, 1.82) is 0 Å². The standard InChI is InChI=1S/C14H28O2/c1-4-5-6-7-8-9-13-11-10-12(2)14(15-3)16-13/h12-14H,4-11H2,1-3H3/t12-,13+,14+/m1/s1. The van der Waals surface area contributed by atoms with E-state index in [1.54, 1.807) is 7.11 Å². The van der Waals surface area contributed by atoms with Crippen LogP contribution in [0, 0.1) is 5.92 Å². The summed E-state index contributed by atoms with van der Waals surface area (Å²) in [4.78, 5) is 0. The van der Waals surface area contributed by atoms with Gasteiger partial charge in [-0.3, -0.25) is 0 Å². The zero-order chi connectivity index (χ0) is 11.8. The Morgan fingerprint density at radius 3 is 2.56 bits per heavy atom. The van der Waals surface area contributed by atoms with Crippen molar-refractivity contribution in [3.8, 4) is 0 Å². The van der Waals surface area contributed by atoms with Gasteiger partial charge in [0.15, 0.2) is 6.29 Å². The third-order valence-electron chi connectivity index (χ3n) is 3.60. The second kappa shape index (κ2) is 8.08. The molecule has 96 valence electrons. The Kier molecular flexibility index (Phi) is 7.06. The van der Waals surface area contributed by atoms with Crippen LogP contribution in [0.1, 0.15) is 65.2 Å². The van der Waals surface area contributed by atoms with Gasteiger partial charge >= 0.3 is 0 Å². The highest BCUT2D eigenvalue weighted by Crippen LogP contribution is 2.27. The van der Waals surface area contributed by atoms with Gasteiger partial charge in [-0.2, -0.15) is 0 Å². The molecule has 1 fully saturated rings. The molecule has 0 aromatic rings. The van der Waals surface area contributed by atoms with Crippen LogP contribution in [0.15, 0.2) is 0 Å². The highest BCUT2D eigenvalue weighted by atomic mass is 16.7. The molecular formula is C14H28O2. The Morgan fingerprint density at radius 1 is 1.12 bits per heavy atom. The monoisotopic (exact) mass is 228 g/mol. The van der Waals surface area contributed by atoms with Gasteiger partial charge in [0.1, 0.15) is 0 Å². The van der Waals surface area contributed by atoms with E-state index in [1.165, 1.54) is 51.4 Å². The lowest BCUT2D eigenvalue weighted by Gasteiger charge is -2.33. The summed E-state index contributed by atoms with van der Waals surface area (Å²) in [5.41, 5.74) is 0. The first-order valence-electron chi connectivity index (χ1n) is 6.96. The van der Waals surface area contributed by atoms with Gasteiger partial charge in [-0.05, 0) is 19.3 Å². The maximum absolute atomic E-state index is 5.93. The molecule has 0 aromatic carbocycles. The highest BCUT2D eigenvalue weighted by molar-refractivity contribution is 4.71. The molecule has 1 saturated heterocycles. The molecule has 1 heterocycles. The maximum Gasteiger partial charge on any atom is 0.160 e. The molecule has 16 heavy (non-hydrogen) atoms. The molecule has 0 aromatic heterocycles. The topological polar surface area (TPSA) is 18.5 Å². The number of rotatable bonds is 7. The number of methoxy groups -OCH3 is 1. The summed E-state index contributed by atoms with van der Waals surface area (Å²) in [5.74, 6) is 0.557. The summed E-state index contributed by atoms with van der Waals surface area (Å²) in [6, 6.07) is 0. The first-order chi connectivity index (χ1) is 7.77. The van der Waals surface area contributed by atoms with E-state index in [9.17, 15) is 0 Å². The van der Waals surface area contributed by atoms with Crippen molar-refractivity contribution < 1.29 is 9.47 Å². The molecule has 0 bridgehead atoms. The van der Waals surface area contributed by atoms with Gasteiger partial charge in [-0.1, -0.05) is 46.0 Å². The zero-order valence-corrected chi connectivity index (χ0v) is 11.2. The Morgan fingerprint density at radius 2 is 1.88 bits per heavy atom. The van der Waals surface area contributed by atoms with Crippen molar-refractivity contribution in [3.05, 3.63) is 0 Å². The molecule has 0 unspecified atom stereocenters. The fourth-order valence-electron chi connectivity index (χ4n) is 2.45. The van der Waals surface area contributed by atoms with Gasteiger partial charge in [-0.25, -0.2) is 0 Å². The molecule has 2 nitrogen and oxygen atoms in total. The van der Waals surface area contributed by atoms with Crippen LogP contribution in [0.4, 0.5) is 0 Å². The van der Waals surface area contributed by atoms with Crippen LogP contribution in [0.25, 0.3) is 0 Å². The molecule has 3 atom stereocenters. The lowest BCUT2D eigenvalue weighted by atomic mass is 9.95. The van der Waals surface area contributed by atoms with Crippen LogP contribution in [0.2, 0.25) is 0 Å². The number of ether oxygens (including phenoxy) is 2. The summed E-state index contributed by atoms with van der Waals surface area (Å²) in [6.07, 6.45) is 10.9. The summed E-state index contributed by atoms with van der Waals surface area (Å²) in [7, 11) is 1.75. The number of hydrogen-bond donors (Lipinski definition) is 0. The lowest BCUT2D eigenvalue weighted by Crippen LogP contribution is -2.34. The van der Waals surface area contributed by atoms with Gasteiger partial charge in [0.25, 0.3) is 0 Å². The molecule has 1 aliphatic rings. The van der Waals surface area contributed by atoms with Gasteiger partial charge in [0, 0.05) is 13.0 Å². The summed E-state index contributed by atoms with van der Waals surface area (Å²) >= 11 is 0. The Labute approximate surface area is 101 Å². The Hall–Kier alpha value is -0.0800. The van der Waals surface area contributed by atoms with Gasteiger partial charge in [-0.15, -0.1) is 0 Å². The molecule has 0 saturated carbocycles. The van der Waals surface area contributed by atoms with E-state index in [2.05, 4.69) is 13.8 Å². The van der Waals surface area contributed by atoms with Crippen molar-refractivity contribution >= 4 is 0 Å². The molecule has 0 radical (unpaired) electrons. The fourth-order valence-corrected chi connectivity index (χ4v) is 2.45. The summed E-state index contributed by atoms with van der Waals surface area (Å²) in [6.45, 7) is 4.47. The number of hydrogen-bond acceptors (Lipinski definition) is 2. The normalized spacial score (nSPS) is 30.6. The van der Waals surface area contributed by atoms with E-state index in [1.807, 2.05) is 0 Å². The van der Waals surface area contributed by atoms with E-state index in [-0.39, 0.29) is 6.29 Å². The minimum atomic E-state index is 0.0365. The van der Waals surface area contributed by atoms with E-state index in [4.69, 9.17) is 9.47 Å². The quantitative estimate of drug-likeness (QED) is 0.610. The molecule has 0 aliphatic carbocycles. The molecule has 0 spiro atoms. The van der Waals surface area contributed by atoms with E-state index in [0.29, 0.717) is 12.0 Å². The molecule has 2 heteroatoms. The van der Waals surface area contributed by atoms with Crippen LogP contribution in [-0.2, 0) is 9.47 Å². The predicted molar refractivity (Wildman–Crippen MR) is 67.4 cm³/mol. The van der Waals surface area contributed by atoms with Gasteiger partial charge in [0.2, 0.25) is 0 Å². The minimum Gasteiger partial charge on any atom is -0.356 e. The fraction of sp³-hybridized carbons (Fsp3) is 1.00. The average molecular weight is 228 g/mol. The van der Waals surface area contributed by atoms with Gasteiger partial charge in [0.05, 0.1) is 6.10 Å². The largest absolute Gasteiger partial charge is 0.356 e. The average Bonchev–Trinajstić information content (AvgIpc) is 2.31. The molecule has 1 aliphatic heterocycles. The molecule has 0 N–H and O–H groups in total. The van der Waals surface area contributed by atoms with E-state index in [0.717, 1.165) is 0 Å². The van der Waals surface area contributed by atoms with Crippen molar-refractivity contribution in [2.45, 2.75) is 77.6 Å². The van der Waals surface area contributed by atoms with Crippen molar-refractivity contribution in [1.82, 2.24) is 0 Å². The van der Waals surface area contributed by atoms with Crippen LogP contribution in [0.5, 0.6) is 0 Å². The van der Waals surface area contributed by atoms with Crippen LogP contribution in [0.3, 0.4) is 0 Å². The van der Waals surface area contributed by atoms with Crippen LogP contribution < -0.4 is 0 Å². The zero-order valence-electron chi connectivity index (χ0n) is 11.2. The third-order valence-corrected chi connectivity index (χ3v) is 3.60.